The third kappa shape index (κ3) is 0.585. The van der Waals surface area contributed by atoms with Gasteiger partial charge in [-0.05, 0) is 67.9 Å². The van der Waals surface area contributed by atoms with Gasteiger partial charge in [-0.15, -0.1) is 0 Å². The molecule has 1 heteroatoms. The van der Waals surface area contributed by atoms with Gasteiger partial charge in [0, 0.05) is 0 Å². The highest BCUT2D eigenvalue weighted by Crippen LogP contribution is 2.66. The van der Waals surface area contributed by atoms with E-state index < -0.39 is 0 Å². The van der Waals surface area contributed by atoms with Gasteiger partial charge in [0.2, 0.25) is 0 Å². The van der Waals surface area contributed by atoms with Gasteiger partial charge in [-0.2, -0.15) is 0 Å². The Labute approximate surface area is 73.9 Å². The van der Waals surface area contributed by atoms with Crippen molar-refractivity contribution in [2.75, 3.05) is 13.1 Å². The zero-order valence-electron chi connectivity index (χ0n) is 7.50. The van der Waals surface area contributed by atoms with Crippen LogP contribution >= 0.6 is 0 Å². The molecule has 0 aromatic carbocycles. The van der Waals surface area contributed by atoms with Crippen LogP contribution in [0.25, 0.3) is 0 Å². The molecule has 1 saturated heterocycles. The average Bonchev–Trinajstić information content (AvgIpc) is 2.77. The van der Waals surface area contributed by atoms with Crippen LogP contribution in [0.5, 0.6) is 0 Å². The van der Waals surface area contributed by atoms with E-state index in [0.717, 1.165) is 23.7 Å². The summed E-state index contributed by atoms with van der Waals surface area (Å²) in [5.41, 5.74) is 0. The number of hydrogen-bond donors (Lipinski definition) is 1. The first-order chi connectivity index (χ1) is 5.95. The first-order valence-corrected chi connectivity index (χ1v) is 5.66. The SMILES string of the molecule is C1CC2C3CNCC3C1C1CC21. The Kier molecular flexibility index (Phi) is 1.01. The van der Waals surface area contributed by atoms with E-state index in [2.05, 4.69) is 5.32 Å². The second-order valence-corrected chi connectivity index (χ2v) is 5.45. The Morgan fingerprint density at radius 2 is 1.25 bits per heavy atom. The van der Waals surface area contributed by atoms with Gasteiger partial charge in [0.25, 0.3) is 0 Å². The molecule has 1 aliphatic heterocycles. The van der Waals surface area contributed by atoms with Crippen LogP contribution in [0.4, 0.5) is 0 Å². The summed E-state index contributed by atoms with van der Waals surface area (Å²) >= 11 is 0. The highest BCUT2D eigenvalue weighted by atomic mass is 14.9. The molecule has 1 N–H and O–H groups in total. The van der Waals surface area contributed by atoms with Gasteiger partial charge in [-0.1, -0.05) is 0 Å². The number of nitrogens with one attached hydrogen (secondary N) is 1. The maximum absolute atomic E-state index is 3.61. The van der Waals surface area contributed by atoms with Gasteiger partial charge in [0.05, 0.1) is 0 Å². The van der Waals surface area contributed by atoms with E-state index in [-0.39, 0.29) is 0 Å². The summed E-state index contributed by atoms with van der Waals surface area (Å²) in [6, 6.07) is 0. The van der Waals surface area contributed by atoms with Crippen LogP contribution in [0.1, 0.15) is 19.3 Å². The van der Waals surface area contributed by atoms with E-state index >= 15 is 0 Å². The molecule has 66 valence electrons. The van der Waals surface area contributed by atoms with Crippen molar-refractivity contribution in [2.45, 2.75) is 19.3 Å². The standard InChI is InChI=1S/C11H17N/c1-2-7-9-3-8(9)6(1)10-4-12-5-11(7)10/h6-12H,1-5H2. The predicted molar refractivity (Wildman–Crippen MR) is 47.7 cm³/mol. The van der Waals surface area contributed by atoms with E-state index in [1.165, 1.54) is 24.9 Å². The number of hydrogen-bond acceptors (Lipinski definition) is 1. The molecule has 1 nitrogen and oxygen atoms in total. The highest BCUT2D eigenvalue weighted by Gasteiger charge is 2.61. The fourth-order valence-corrected chi connectivity index (χ4v) is 4.75. The third-order valence-electron chi connectivity index (χ3n) is 5.23. The first kappa shape index (κ1) is 6.42. The van der Waals surface area contributed by atoms with Crippen molar-refractivity contribution >= 4 is 0 Å². The molecule has 12 heavy (non-hydrogen) atoms. The summed E-state index contributed by atoms with van der Waals surface area (Å²) in [5, 5.41) is 3.61. The molecule has 2 bridgehead atoms. The summed E-state index contributed by atoms with van der Waals surface area (Å²) in [7, 11) is 0. The molecule has 5 rings (SSSR count). The lowest BCUT2D eigenvalue weighted by molar-refractivity contribution is 0.0464. The molecule has 5 fully saturated rings. The second kappa shape index (κ2) is 1.89. The van der Waals surface area contributed by atoms with Gasteiger partial charge >= 0.3 is 0 Å². The van der Waals surface area contributed by atoms with Crippen LogP contribution in [0, 0.1) is 35.5 Å². The first-order valence-electron chi connectivity index (χ1n) is 5.66. The normalized spacial score (nSPS) is 66.0. The second-order valence-electron chi connectivity index (χ2n) is 5.45. The van der Waals surface area contributed by atoms with Gasteiger partial charge in [-0.3, -0.25) is 0 Å². The van der Waals surface area contributed by atoms with Crippen LogP contribution in [0.2, 0.25) is 0 Å². The monoisotopic (exact) mass is 163 g/mol. The minimum atomic E-state index is 1.10. The Bertz CT molecular complexity index is 199. The Balaban J connectivity index is 1.77. The fourth-order valence-electron chi connectivity index (χ4n) is 4.75. The molecule has 6 unspecified atom stereocenters. The molecule has 1 heterocycles. The molecule has 0 aromatic heterocycles. The molecule has 4 saturated carbocycles. The number of fused-ring (bicyclic) bond motifs is 1. The molecular formula is C11H17N. The minimum Gasteiger partial charge on any atom is -0.316 e. The molecule has 6 atom stereocenters. The van der Waals surface area contributed by atoms with Crippen LogP contribution in [0.3, 0.4) is 0 Å². The zero-order chi connectivity index (χ0) is 7.71. The lowest BCUT2D eigenvalue weighted by Crippen LogP contribution is -2.40. The van der Waals surface area contributed by atoms with Crippen molar-refractivity contribution in [1.29, 1.82) is 0 Å². The fraction of sp³-hybridized carbons (Fsp3) is 1.00. The van der Waals surface area contributed by atoms with Gasteiger partial charge in [-0.25, -0.2) is 0 Å². The van der Waals surface area contributed by atoms with E-state index in [0.29, 0.717) is 0 Å². The van der Waals surface area contributed by atoms with Crippen molar-refractivity contribution in [3.05, 3.63) is 0 Å². The topological polar surface area (TPSA) is 12.0 Å². The lowest BCUT2D eigenvalue weighted by atomic mass is 9.60. The quantitative estimate of drug-likeness (QED) is 0.570. The smallest absolute Gasteiger partial charge is 0.00144 e. The van der Waals surface area contributed by atoms with Gasteiger partial charge in [0.1, 0.15) is 0 Å². The van der Waals surface area contributed by atoms with Gasteiger partial charge < -0.3 is 5.32 Å². The van der Waals surface area contributed by atoms with Crippen LogP contribution in [0.15, 0.2) is 0 Å². The molecule has 4 aliphatic carbocycles. The predicted octanol–water partition coefficient (Wildman–Crippen LogP) is 1.50. The molecule has 0 radical (unpaired) electrons. The summed E-state index contributed by atoms with van der Waals surface area (Å²) in [6.07, 6.45) is 4.77. The summed E-state index contributed by atoms with van der Waals surface area (Å²) in [4.78, 5) is 0. The average molecular weight is 163 g/mol. The molecule has 0 amide bonds. The van der Waals surface area contributed by atoms with Crippen LogP contribution < -0.4 is 5.32 Å². The third-order valence-corrected chi connectivity index (χ3v) is 5.23. The lowest BCUT2D eigenvalue weighted by Gasteiger charge is -2.44. The van der Waals surface area contributed by atoms with Gasteiger partial charge in [0.15, 0.2) is 0 Å². The van der Waals surface area contributed by atoms with Crippen molar-refractivity contribution < 1.29 is 0 Å². The maximum Gasteiger partial charge on any atom is -0.00144 e. The highest BCUT2D eigenvalue weighted by molar-refractivity contribution is 5.11. The molecule has 0 spiro atoms. The molecular weight excluding hydrogens is 146 g/mol. The largest absolute Gasteiger partial charge is 0.316 e. The molecule has 5 aliphatic rings. The zero-order valence-corrected chi connectivity index (χ0v) is 7.50. The maximum atomic E-state index is 3.61. The van der Waals surface area contributed by atoms with Crippen molar-refractivity contribution in [3.63, 3.8) is 0 Å². The minimum absolute atomic E-state index is 1.10. The van der Waals surface area contributed by atoms with E-state index in [1.807, 2.05) is 0 Å². The van der Waals surface area contributed by atoms with E-state index in [1.54, 1.807) is 19.3 Å². The van der Waals surface area contributed by atoms with Crippen LogP contribution in [-0.4, -0.2) is 13.1 Å². The van der Waals surface area contributed by atoms with E-state index in [4.69, 9.17) is 0 Å². The van der Waals surface area contributed by atoms with E-state index in [9.17, 15) is 0 Å². The Hall–Kier alpha value is -0.0400. The Morgan fingerprint density at radius 1 is 0.667 bits per heavy atom. The van der Waals surface area contributed by atoms with Crippen molar-refractivity contribution in [3.8, 4) is 0 Å². The summed E-state index contributed by atoms with van der Waals surface area (Å²) in [6.45, 7) is 2.71. The van der Waals surface area contributed by atoms with Crippen molar-refractivity contribution in [2.24, 2.45) is 35.5 Å². The Morgan fingerprint density at radius 3 is 1.83 bits per heavy atom. The van der Waals surface area contributed by atoms with Crippen molar-refractivity contribution in [1.82, 2.24) is 5.32 Å². The molecule has 0 aromatic rings. The summed E-state index contributed by atoms with van der Waals surface area (Å²) in [5.74, 6) is 6.91. The van der Waals surface area contributed by atoms with Crippen LogP contribution in [-0.2, 0) is 0 Å². The summed E-state index contributed by atoms with van der Waals surface area (Å²) < 4.78 is 0. The number of rotatable bonds is 0.